The molecule has 3 aromatic carbocycles. The van der Waals surface area contributed by atoms with Crippen LogP contribution in [0.25, 0.3) is 10.9 Å². The summed E-state index contributed by atoms with van der Waals surface area (Å²) in [7, 11) is 0. The van der Waals surface area contributed by atoms with Gasteiger partial charge in [0.05, 0.1) is 11.9 Å². The minimum Gasteiger partial charge on any atom is -0.481 e. The van der Waals surface area contributed by atoms with E-state index in [1.54, 1.807) is 36.5 Å². The number of carboxylic acid groups (broad SMARTS) is 1. The molecule has 2 unspecified atom stereocenters. The molecule has 4 aromatic rings. The lowest BCUT2D eigenvalue weighted by molar-refractivity contribution is -0.274. The van der Waals surface area contributed by atoms with Crippen molar-refractivity contribution in [3.63, 3.8) is 0 Å². The number of nitrogens with one attached hydrogen (secondary N) is 1. The zero-order valence-electron chi connectivity index (χ0n) is 22.1. The number of carboxylic acids is 1. The summed E-state index contributed by atoms with van der Waals surface area (Å²) in [6, 6.07) is 20.7. The number of carbonyl (C=O) groups is 2. The summed E-state index contributed by atoms with van der Waals surface area (Å²) in [5, 5.41) is 12.7. The van der Waals surface area contributed by atoms with Crippen LogP contribution in [-0.4, -0.2) is 34.9 Å². The fraction of sp³-hybridized carbons (Fsp3) is 0.258. The maximum absolute atomic E-state index is 12.9. The van der Waals surface area contributed by atoms with Crippen LogP contribution < -0.4 is 10.1 Å². The summed E-state index contributed by atoms with van der Waals surface area (Å²) < 4.78 is 42.7. The first-order chi connectivity index (χ1) is 19.6. The highest BCUT2D eigenvalue weighted by atomic mass is 35.5. The van der Waals surface area contributed by atoms with Gasteiger partial charge in [0.25, 0.3) is 5.91 Å². The summed E-state index contributed by atoms with van der Waals surface area (Å²) in [5.74, 6) is -2.00. The summed E-state index contributed by atoms with van der Waals surface area (Å²) in [5.41, 5.74) is 3.59. The molecule has 0 radical (unpaired) electrons. The van der Waals surface area contributed by atoms with Gasteiger partial charge in [-0.2, -0.15) is 0 Å². The molecule has 0 fully saturated rings. The molecule has 1 heterocycles. The lowest BCUT2D eigenvalue weighted by atomic mass is 9.74. The Bertz CT molecular complexity index is 1510. The first kappa shape index (κ1) is 29.9. The number of hydrogen-bond donors (Lipinski definition) is 2. The van der Waals surface area contributed by atoms with Crippen LogP contribution in [0.2, 0.25) is 5.02 Å². The number of hydrogen-bond acceptors (Lipinski definition) is 4. The minimum atomic E-state index is -4.82. The molecule has 0 aliphatic rings. The molecule has 2 N–H and O–H groups in total. The molecule has 0 aliphatic carbocycles. The fourth-order valence-electron chi connectivity index (χ4n) is 5.02. The van der Waals surface area contributed by atoms with E-state index in [1.165, 1.54) is 12.1 Å². The van der Waals surface area contributed by atoms with E-state index >= 15 is 0 Å². The molecule has 1 amide bonds. The summed E-state index contributed by atoms with van der Waals surface area (Å²) >= 11 is 6.20. The van der Waals surface area contributed by atoms with Crippen molar-refractivity contribution >= 4 is 34.4 Å². The molecule has 0 saturated heterocycles. The third kappa shape index (κ3) is 7.76. The van der Waals surface area contributed by atoms with Crippen LogP contribution in [0, 0.1) is 0 Å². The zero-order chi connectivity index (χ0) is 29.6. The van der Waals surface area contributed by atoms with Crippen LogP contribution in [0.15, 0.2) is 79.0 Å². The van der Waals surface area contributed by atoms with Crippen LogP contribution >= 0.6 is 11.6 Å². The lowest BCUT2D eigenvalue weighted by Crippen LogP contribution is -2.26. The number of halogens is 4. The maximum atomic E-state index is 12.9. The molecule has 214 valence electrons. The van der Waals surface area contributed by atoms with Gasteiger partial charge in [-0.1, -0.05) is 49.2 Å². The van der Waals surface area contributed by atoms with Gasteiger partial charge in [-0.15, -0.1) is 13.2 Å². The number of nitrogens with zero attached hydrogens (tertiary/aromatic N) is 1. The molecule has 0 aliphatic heterocycles. The zero-order valence-corrected chi connectivity index (χ0v) is 22.9. The fourth-order valence-corrected chi connectivity index (χ4v) is 5.15. The Labute approximate surface area is 240 Å². The van der Waals surface area contributed by atoms with Gasteiger partial charge in [-0.25, -0.2) is 0 Å². The van der Waals surface area contributed by atoms with Crippen molar-refractivity contribution in [2.75, 3.05) is 6.54 Å². The molecule has 0 spiro atoms. The van der Waals surface area contributed by atoms with Crippen molar-refractivity contribution in [2.45, 2.75) is 44.4 Å². The lowest BCUT2D eigenvalue weighted by Gasteiger charge is -2.30. The Kier molecular flexibility index (Phi) is 9.50. The van der Waals surface area contributed by atoms with Gasteiger partial charge in [-0.05, 0) is 71.5 Å². The molecule has 4 rings (SSSR count). The van der Waals surface area contributed by atoms with Gasteiger partial charge < -0.3 is 15.2 Å². The van der Waals surface area contributed by atoms with E-state index in [1.807, 2.05) is 30.3 Å². The number of aliphatic carboxylic acids is 1. The molecular formula is C31H28ClF3N2O4. The van der Waals surface area contributed by atoms with E-state index in [-0.39, 0.29) is 36.5 Å². The number of fused-ring (bicyclic) bond motifs is 1. The van der Waals surface area contributed by atoms with E-state index in [9.17, 15) is 22.8 Å². The van der Waals surface area contributed by atoms with Gasteiger partial charge in [0.15, 0.2) is 0 Å². The molecule has 0 bridgehead atoms. The van der Waals surface area contributed by atoms with Gasteiger partial charge in [0.2, 0.25) is 0 Å². The Balaban J connectivity index is 1.76. The van der Waals surface area contributed by atoms with Gasteiger partial charge in [-0.3, -0.25) is 14.6 Å². The van der Waals surface area contributed by atoms with Crippen LogP contribution in [0.1, 0.15) is 65.1 Å². The van der Waals surface area contributed by atoms with Crippen LogP contribution in [-0.2, 0) is 4.79 Å². The predicted octanol–water partition coefficient (Wildman–Crippen LogP) is 7.71. The number of ether oxygens (including phenoxy) is 1. The smallest absolute Gasteiger partial charge is 0.481 e. The Morgan fingerprint density at radius 3 is 2.32 bits per heavy atom. The second-order valence-electron chi connectivity index (χ2n) is 9.57. The monoisotopic (exact) mass is 584 g/mol. The second-order valence-corrected chi connectivity index (χ2v) is 10.0. The standard InChI is InChI=1S/C31H28ClF3N2O4/c1-2-3-24(19-4-6-21(7-5-19)30(40)37-17-15-28(38)39)29(20-8-10-22(32)11-9-20)26-14-16-36-27-18-23(12-13-25(26)27)41-31(33,34)35/h4-14,16,18,24,29H,2-3,15,17H2,1H3,(H,37,40)(H,38,39). The third-order valence-corrected chi connectivity index (χ3v) is 7.03. The third-order valence-electron chi connectivity index (χ3n) is 6.77. The molecular weight excluding hydrogens is 557 g/mol. The second kappa shape index (κ2) is 13.0. The molecule has 1 aromatic heterocycles. The SMILES string of the molecule is CCCC(c1ccc(C(=O)NCCC(=O)O)cc1)C(c1ccc(Cl)cc1)c1ccnc2cc(OC(F)(F)F)ccc12. The molecule has 6 nitrogen and oxygen atoms in total. The number of amides is 1. The summed E-state index contributed by atoms with van der Waals surface area (Å²) in [6.45, 7) is 2.10. The topological polar surface area (TPSA) is 88.5 Å². The van der Waals surface area contributed by atoms with Crippen molar-refractivity contribution in [1.29, 1.82) is 0 Å². The Morgan fingerprint density at radius 2 is 1.68 bits per heavy atom. The van der Waals surface area contributed by atoms with E-state index < -0.39 is 12.3 Å². The van der Waals surface area contributed by atoms with Crippen LogP contribution in [0.5, 0.6) is 5.75 Å². The average molecular weight is 585 g/mol. The number of carbonyl (C=O) groups excluding carboxylic acids is 1. The quantitative estimate of drug-likeness (QED) is 0.188. The van der Waals surface area contributed by atoms with E-state index in [2.05, 4.69) is 22.0 Å². The van der Waals surface area contributed by atoms with E-state index in [4.69, 9.17) is 16.7 Å². The minimum absolute atomic E-state index is 0.0257. The number of pyridine rings is 1. The van der Waals surface area contributed by atoms with Crippen LogP contribution in [0.3, 0.4) is 0 Å². The number of aromatic nitrogens is 1. The summed E-state index contributed by atoms with van der Waals surface area (Å²) in [4.78, 5) is 27.6. The summed E-state index contributed by atoms with van der Waals surface area (Å²) in [6.07, 6.45) is -1.79. The van der Waals surface area contributed by atoms with Crippen molar-refractivity contribution in [3.05, 3.63) is 106 Å². The molecule has 2 atom stereocenters. The number of benzene rings is 3. The van der Waals surface area contributed by atoms with Gasteiger partial charge in [0.1, 0.15) is 5.75 Å². The van der Waals surface area contributed by atoms with E-state index in [0.717, 1.165) is 29.5 Å². The van der Waals surface area contributed by atoms with Crippen molar-refractivity contribution in [3.8, 4) is 5.75 Å². The highest BCUT2D eigenvalue weighted by Crippen LogP contribution is 2.44. The number of rotatable bonds is 11. The van der Waals surface area contributed by atoms with Crippen molar-refractivity contribution in [1.82, 2.24) is 10.3 Å². The predicted molar refractivity (Wildman–Crippen MR) is 150 cm³/mol. The largest absolute Gasteiger partial charge is 0.573 e. The van der Waals surface area contributed by atoms with Crippen molar-refractivity contribution < 1.29 is 32.6 Å². The first-order valence-corrected chi connectivity index (χ1v) is 13.4. The number of alkyl halides is 3. The highest BCUT2D eigenvalue weighted by molar-refractivity contribution is 6.30. The highest BCUT2D eigenvalue weighted by Gasteiger charge is 2.32. The van der Waals surface area contributed by atoms with Gasteiger partial charge in [0, 0.05) is 40.7 Å². The maximum Gasteiger partial charge on any atom is 0.573 e. The Morgan fingerprint density at radius 1 is 1.00 bits per heavy atom. The average Bonchev–Trinajstić information content (AvgIpc) is 2.92. The van der Waals surface area contributed by atoms with Crippen LogP contribution in [0.4, 0.5) is 13.2 Å². The van der Waals surface area contributed by atoms with Gasteiger partial charge >= 0.3 is 12.3 Å². The van der Waals surface area contributed by atoms with E-state index in [0.29, 0.717) is 21.5 Å². The Hall–Kier alpha value is -4.11. The normalized spacial score (nSPS) is 13.0. The first-order valence-electron chi connectivity index (χ1n) is 13.1. The van der Waals surface area contributed by atoms with Crippen molar-refractivity contribution in [2.24, 2.45) is 0 Å². The molecule has 0 saturated carbocycles. The molecule has 41 heavy (non-hydrogen) atoms. The molecule has 10 heteroatoms.